The van der Waals surface area contributed by atoms with Crippen LogP contribution < -0.4 is 5.32 Å². The normalized spacial score (nSPS) is 11.6. The minimum atomic E-state index is -3.84. The van der Waals surface area contributed by atoms with Crippen molar-refractivity contribution < 1.29 is 17.9 Å². The van der Waals surface area contributed by atoms with E-state index >= 15 is 0 Å². The van der Waals surface area contributed by atoms with Crippen molar-refractivity contribution in [2.75, 3.05) is 19.8 Å². The molecule has 1 heterocycles. The standard InChI is InChI=1S/C13H21ClN2O4S/c1-3-5-7-20-8-6-15-13(17)12-9-11(21(14,18)19)10-16(12)4-2/h9-10H,3-8H2,1-2H3,(H,15,17). The van der Waals surface area contributed by atoms with E-state index in [4.69, 9.17) is 15.4 Å². The molecule has 120 valence electrons. The summed E-state index contributed by atoms with van der Waals surface area (Å²) in [6.45, 7) is 5.84. The van der Waals surface area contributed by atoms with Gasteiger partial charge in [-0.25, -0.2) is 8.42 Å². The Morgan fingerprint density at radius 3 is 2.67 bits per heavy atom. The Hall–Kier alpha value is -1.05. The number of aromatic nitrogens is 1. The second kappa shape index (κ2) is 8.41. The number of halogens is 1. The summed E-state index contributed by atoms with van der Waals surface area (Å²) in [5.41, 5.74) is 0.269. The van der Waals surface area contributed by atoms with Crippen LogP contribution in [-0.2, 0) is 20.3 Å². The predicted molar refractivity (Wildman–Crippen MR) is 81.2 cm³/mol. The van der Waals surface area contributed by atoms with E-state index in [9.17, 15) is 13.2 Å². The molecule has 0 atom stereocenters. The molecule has 1 amide bonds. The molecular weight excluding hydrogens is 316 g/mol. The molecule has 0 aliphatic heterocycles. The molecule has 8 heteroatoms. The van der Waals surface area contributed by atoms with Crippen molar-refractivity contribution in [3.05, 3.63) is 18.0 Å². The highest BCUT2D eigenvalue weighted by atomic mass is 35.7. The summed E-state index contributed by atoms with van der Waals surface area (Å²) in [6, 6.07) is 1.28. The second-order valence-corrected chi connectivity index (χ2v) is 7.07. The van der Waals surface area contributed by atoms with Gasteiger partial charge in [-0.05, 0) is 19.4 Å². The fourth-order valence-corrected chi connectivity index (χ4v) is 2.50. The van der Waals surface area contributed by atoms with Crippen molar-refractivity contribution in [2.24, 2.45) is 0 Å². The quantitative estimate of drug-likeness (QED) is 0.552. The van der Waals surface area contributed by atoms with E-state index in [1.54, 1.807) is 4.57 Å². The number of carbonyl (C=O) groups excluding carboxylic acids is 1. The summed E-state index contributed by atoms with van der Waals surface area (Å²) in [5, 5.41) is 2.69. The van der Waals surface area contributed by atoms with Gasteiger partial charge >= 0.3 is 0 Å². The molecule has 6 nitrogen and oxygen atoms in total. The highest BCUT2D eigenvalue weighted by Crippen LogP contribution is 2.18. The number of unbranched alkanes of at least 4 members (excludes halogenated alkanes) is 1. The lowest BCUT2D eigenvalue weighted by molar-refractivity contribution is 0.0904. The van der Waals surface area contributed by atoms with Gasteiger partial charge in [0.05, 0.1) is 6.61 Å². The van der Waals surface area contributed by atoms with Crippen LogP contribution in [0.25, 0.3) is 0 Å². The summed E-state index contributed by atoms with van der Waals surface area (Å²) in [7, 11) is 1.45. The number of nitrogens with zero attached hydrogens (tertiary/aromatic N) is 1. The van der Waals surface area contributed by atoms with E-state index < -0.39 is 9.05 Å². The molecule has 0 fully saturated rings. The van der Waals surface area contributed by atoms with E-state index in [0.29, 0.717) is 26.3 Å². The maximum absolute atomic E-state index is 12.0. The molecule has 0 spiro atoms. The molecule has 1 N–H and O–H groups in total. The summed E-state index contributed by atoms with van der Waals surface area (Å²) in [4.78, 5) is 12.0. The van der Waals surface area contributed by atoms with Crippen LogP contribution in [0.5, 0.6) is 0 Å². The number of aryl methyl sites for hydroxylation is 1. The molecule has 0 aliphatic carbocycles. The minimum Gasteiger partial charge on any atom is -0.380 e. The van der Waals surface area contributed by atoms with Crippen LogP contribution in [0.15, 0.2) is 17.2 Å². The van der Waals surface area contributed by atoms with Crippen molar-refractivity contribution in [1.29, 1.82) is 0 Å². The Morgan fingerprint density at radius 1 is 1.38 bits per heavy atom. The summed E-state index contributed by atoms with van der Waals surface area (Å²) < 4.78 is 29.5. The zero-order valence-corrected chi connectivity index (χ0v) is 13.8. The highest BCUT2D eigenvalue weighted by Gasteiger charge is 2.19. The molecule has 0 unspecified atom stereocenters. The third kappa shape index (κ3) is 5.68. The minimum absolute atomic E-state index is 0.0737. The molecule has 21 heavy (non-hydrogen) atoms. The van der Waals surface area contributed by atoms with Gasteiger partial charge < -0.3 is 14.6 Å². The molecule has 0 radical (unpaired) electrons. The number of carbonyl (C=O) groups is 1. The Morgan fingerprint density at radius 2 is 2.10 bits per heavy atom. The monoisotopic (exact) mass is 336 g/mol. The molecule has 0 aliphatic rings. The first-order valence-corrected chi connectivity index (χ1v) is 9.21. The Kier molecular flexibility index (Phi) is 7.21. The summed E-state index contributed by atoms with van der Waals surface area (Å²) in [6.07, 6.45) is 3.41. The van der Waals surface area contributed by atoms with E-state index in [-0.39, 0.29) is 16.5 Å². The van der Waals surface area contributed by atoms with Gasteiger partial charge in [0.25, 0.3) is 15.0 Å². The average Bonchev–Trinajstić information content (AvgIpc) is 2.86. The van der Waals surface area contributed by atoms with E-state index in [1.165, 1.54) is 12.3 Å². The van der Waals surface area contributed by atoms with Crippen LogP contribution in [-0.4, -0.2) is 38.7 Å². The van der Waals surface area contributed by atoms with Gasteiger partial charge in [-0.15, -0.1) is 0 Å². The average molecular weight is 337 g/mol. The Balaban J connectivity index is 2.59. The van der Waals surface area contributed by atoms with Crippen LogP contribution in [0.1, 0.15) is 37.2 Å². The smallest absolute Gasteiger partial charge is 0.268 e. The van der Waals surface area contributed by atoms with Gasteiger partial charge in [-0.3, -0.25) is 4.79 Å². The molecule has 0 aromatic carbocycles. The fraction of sp³-hybridized carbons (Fsp3) is 0.615. The van der Waals surface area contributed by atoms with E-state index in [1.807, 2.05) is 6.92 Å². The SMILES string of the molecule is CCCCOCCNC(=O)c1cc(S(=O)(=O)Cl)cn1CC. The first kappa shape index (κ1) is 18.0. The number of rotatable bonds is 9. The Labute approximate surface area is 129 Å². The topological polar surface area (TPSA) is 77.4 Å². The predicted octanol–water partition coefficient (Wildman–Crippen LogP) is 1.98. The number of amides is 1. The maximum Gasteiger partial charge on any atom is 0.268 e. The summed E-state index contributed by atoms with van der Waals surface area (Å²) >= 11 is 0. The lowest BCUT2D eigenvalue weighted by Gasteiger charge is -2.08. The zero-order valence-electron chi connectivity index (χ0n) is 12.3. The van der Waals surface area contributed by atoms with E-state index in [2.05, 4.69) is 12.2 Å². The van der Waals surface area contributed by atoms with Crippen molar-refractivity contribution >= 4 is 25.6 Å². The van der Waals surface area contributed by atoms with Gasteiger partial charge in [0.1, 0.15) is 10.6 Å². The molecule has 1 aromatic heterocycles. The van der Waals surface area contributed by atoms with Gasteiger partial charge in [-0.1, -0.05) is 13.3 Å². The second-order valence-electron chi connectivity index (χ2n) is 4.51. The molecule has 1 aromatic rings. The van der Waals surface area contributed by atoms with Crippen LogP contribution in [0.3, 0.4) is 0 Å². The molecule has 0 bridgehead atoms. The molecule has 0 saturated carbocycles. The first-order valence-electron chi connectivity index (χ1n) is 6.91. The molecular formula is C13H21ClN2O4S. The molecule has 1 rings (SSSR count). The van der Waals surface area contributed by atoms with Crippen molar-refractivity contribution in [2.45, 2.75) is 38.1 Å². The lowest BCUT2D eigenvalue weighted by Crippen LogP contribution is -2.29. The summed E-state index contributed by atoms with van der Waals surface area (Å²) in [5.74, 6) is -0.345. The van der Waals surface area contributed by atoms with Crippen LogP contribution in [0.4, 0.5) is 0 Å². The first-order chi connectivity index (χ1) is 9.90. The number of nitrogens with one attached hydrogen (secondary N) is 1. The number of ether oxygens (including phenoxy) is 1. The highest BCUT2D eigenvalue weighted by molar-refractivity contribution is 8.13. The van der Waals surface area contributed by atoms with Crippen LogP contribution in [0, 0.1) is 0 Å². The van der Waals surface area contributed by atoms with Gasteiger partial charge in [-0.2, -0.15) is 0 Å². The zero-order chi connectivity index (χ0) is 15.9. The molecule has 0 saturated heterocycles. The fourth-order valence-electron chi connectivity index (χ4n) is 1.74. The number of hydrogen-bond acceptors (Lipinski definition) is 4. The van der Waals surface area contributed by atoms with Crippen molar-refractivity contribution in [3.8, 4) is 0 Å². The van der Waals surface area contributed by atoms with Crippen LogP contribution in [0.2, 0.25) is 0 Å². The van der Waals surface area contributed by atoms with Crippen molar-refractivity contribution in [3.63, 3.8) is 0 Å². The maximum atomic E-state index is 12.0. The lowest BCUT2D eigenvalue weighted by atomic mass is 10.4. The largest absolute Gasteiger partial charge is 0.380 e. The Bertz CT molecular complexity index is 569. The van der Waals surface area contributed by atoms with Gasteiger partial charge in [0.2, 0.25) is 0 Å². The van der Waals surface area contributed by atoms with Crippen molar-refractivity contribution in [1.82, 2.24) is 9.88 Å². The number of hydrogen-bond donors (Lipinski definition) is 1. The van der Waals surface area contributed by atoms with Crippen LogP contribution >= 0.6 is 10.7 Å². The van der Waals surface area contributed by atoms with Gasteiger partial charge in [0.15, 0.2) is 0 Å². The van der Waals surface area contributed by atoms with E-state index in [0.717, 1.165) is 12.8 Å². The third-order valence-electron chi connectivity index (χ3n) is 2.90. The van der Waals surface area contributed by atoms with Gasteiger partial charge in [0, 0.05) is 36.6 Å². The third-order valence-corrected chi connectivity index (χ3v) is 4.22.